The Labute approximate surface area is 158 Å². The molecule has 8 heteroatoms. The van der Waals surface area contributed by atoms with E-state index in [0.29, 0.717) is 16.8 Å². The van der Waals surface area contributed by atoms with Crippen LogP contribution in [0.25, 0.3) is 22.6 Å². The average Bonchev–Trinajstić information content (AvgIpc) is 3.07. The second-order valence-electron chi connectivity index (χ2n) is 6.74. The van der Waals surface area contributed by atoms with Crippen LogP contribution < -0.4 is 10.5 Å². The van der Waals surface area contributed by atoms with Crippen molar-refractivity contribution in [2.75, 3.05) is 4.90 Å². The van der Waals surface area contributed by atoms with E-state index in [0.717, 1.165) is 0 Å². The molecular formula is C20H14N4O4. The Morgan fingerprint density at radius 3 is 2.50 bits per heavy atom. The van der Waals surface area contributed by atoms with Gasteiger partial charge in [0.2, 0.25) is 11.6 Å². The number of rotatable bonds is 2. The number of hydrogen-bond donors (Lipinski definition) is 1. The molecule has 2 aliphatic rings. The summed E-state index contributed by atoms with van der Waals surface area (Å²) in [4.78, 5) is 43.3. The number of fused-ring (bicyclic) bond motifs is 6. The fourth-order valence-electron chi connectivity index (χ4n) is 3.99. The number of aliphatic carboxylic acids is 1. The minimum Gasteiger partial charge on any atom is -0.478 e. The lowest BCUT2D eigenvalue weighted by atomic mass is 10.00. The summed E-state index contributed by atoms with van der Waals surface area (Å²) in [5.41, 5.74) is -0.794. The molecule has 3 aromatic rings. The van der Waals surface area contributed by atoms with Crippen molar-refractivity contribution >= 4 is 17.6 Å². The van der Waals surface area contributed by atoms with Crippen LogP contribution in [0.4, 0.5) is 5.69 Å². The molecule has 138 valence electrons. The normalized spacial score (nSPS) is 19.7. The van der Waals surface area contributed by atoms with Crippen LogP contribution in [-0.4, -0.2) is 31.7 Å². The lowest BCUT2D eigenvalue weighted by Gasteiger charge is -2.41. The highest BCUT2D eigenvalue weighted by Crippen LogP contribution is 2.47. The molecule has 1 N–H and O–H groups in total. The van der Waals surface area contributed by atoms with Crippen molar-refractivity contribution in [1.82, 2.24) is 14.8 Å². The first-order valence-electron chi connectivity index (χ1n) is 8.77. The van der Waals surface area contributed by atoms with Gasteiger partial charge in [0.25, 0.3) is 5.56 Å². The number of carbonyl (C=O) groups is 2. The van der Waals surface area contributed by atoms with Gasteiger partial charge in [0.15, 0.2) is 11.5 Å². The molecule has 0 aliphatic carbocycles. The number of carbonyl (C=O) groups excluding carboxylic acids is 1. The Bertz CT molecular complexity index is 1200. The molecule has 1 saturated heterocycles. The SMILES string of the molecule is O=C1CC[C@]2(C(=O)O)N1c1ccccc1-c1nc(=O)c(-c3ccccc3)nn12. The lowest BCUT2D eigenvalue weighted by molar-refractivity contribution is -0.148. The van der Waals surface area contributed by atoms with Gasteiger partial charge in [-0.2, -0.15) is 10.1 Å². The van der Waals surface area contributed by atoms with Crippen LogP contribution in [0.3, 0.4) is 0 Å². The summed E-state index contributed by atoms with van der Waals surface area (Å²) in [5.74, 6) is -1.37. The number of carboxylic acid groups (broad SMARTS) is 1. The second kappa shape index (κ2) is 5.59. The highest BCUT2D eigenvalue weighted by Gasteiger charge is 2.58. The second-order valence-corrected chi connectivity index (χ2v) is 6.74. The summed E-state index contributed by atoms with van der Waals surface area (Å²) < 4.78 is 1.23. The van der Waals surface area contributed by atoms with Crippen LogP contribution in [0.5, 0.6) is 0 Å². The minimum absolute atomic E-state index is 0.0360. The number of carboxylic acids is 1. The maximum absolute atomic E-state index is 12.7. The Kier molecular flexibility index (Phi) is 3.27. The van der Waals surface area contributed by atoms with Crippen molar-refractivity contribution in [3.8, 4) is 22.6 Å². The molecule has 2 aromatic carbocycles. The van der Waals surface area contributed by atoms with Gasteiger partial charge in [-0.05, 0) is 12.1 Å². The van der Waals surface area contributed by atoms with E-state index in [1.807, 2.05) is 0 Å². The van der Waals surface area contributed by atoms with Gasteiger partial charge < -0.3 is 5.11 Å². The monoisotopic (exact) mass is 374 g/mol. The topological polar surface area (TPSA) is 105 Å². The van der Waals surface area contributed by atoms with Crippen molar-refractivity contribution in [2.45, 2.75) is 18.5 Å². The van der Waals surface area contributed by atoms with E-state index < -0.39 is 17.2 Å². The van der Waals surface area contributed by atoms with Crippen LogP contribution in [-0.2, 0) is 15.3 Å². The Hall–Kier alpha value is -3.81. The minimum atomic E-state index is -1.75. The summed E-state index contributed by atoms with van der Waals surface area (Å²) in [6.45, 7) is 0. The number of aromatic nitrogens is 3. The maximum Gasteiger partial charge on any atom is 0.353 e. The van der Waals surface area contributed by atoms with Gasteiger partial charge in [0.1, 0.15) is 0 Å². The molecule has 0 bridgehead atoms. The van der Waals surface area contributed by atoms with E-state index in [-0.39, 0.29) is 30.3 Å². The van der Waals surface area contributed by atoms with Crippen LogP contribution in [0.1, 0.15) is 12.8 Å². The predicted molar refractivity (Wildman–Crippen MR) is 99.5 cm³/mol. The van der Waals surface area contributed by atoms with Gasteiger partial charge in [0, 0.05) is 24.0 Å². The molecule has 28 heavy (non-hydrogen) atoms. The fourth-order valence-corrected chi connectivity index (χ4v) is 3.99. The zero-order valence-corrected chi connectivity index (χ0v) is 14.6. The fraction of sp³-hybridized carbons (Fsp3) is 0.150. The number of amides is 1. The Balaban J connectivity index is 1.89. The molecule has 5 rings (SSSR count). The third-order valence-electron chi connectivity index (χ3n) is 5.24. The standard InChI is InChI=1S/C20H14N4O4/c25-15-10-11-20(19(27)28)23(15)14-9-5-4-8-13(14)17-21-18(26)16(22-24(17)20)12-6-2-1-3-7-12/h1-9H,10-11H2,(H,27,28)/t20-/m0/s1. The number of para-hydroxylation sites is 1. The third kappa shape index (κ3) is 1.97. The molecule has 0 unspecified atom stereocenters. The summed E-state index contributed by atoms with van der Waals surface area (Å²) in [6.07, 6.45) is 0.100. The Morgan fingerprint density at radius 2 is 1.75 bits per heavy atom. The van der Waals surface area contributed by atoms with Gasteiger partial charge in [-0.15, -0.1) is 0 Å². The first-order chi connectivity index (χ1) is 13.5. The van der Waals surface area contributed by atoms with E-state index in [2.05, 4.69) is 10.1 Å². The van der Waals surface area contributed by atoms with E-state index in [4.69, 9.17) is 0 Å². The molecule has 1 aromatic heterocycles. The van der Waals surface area contributed by atoms with Crippen molar-refractivity contribution in [3.05, 3.63) is 65.0 Å². The van der Waals surface area contributed by atoms with E-state index >= 15 is 0 Å². The summed E-state index contributed by atoms with van der Waals surface area (Å²) in [7, 11) is 0. The molecule has 0 saturated carbocycles. The van der Waals surface area contributed by atoms with Crippen molar-refractivity contribution < 1.29 is 14.7 Å². The molecule has 1 atom stereocenters. The van der Waals surface area contributed by atoms with Gasteiger partial charge in [0.05, 0.1) is 5.69 Å². The van der Waals surface area contributed by atoms with Gasteiger partial charge in [-0.3, -0.25) is 14.5 Å². The zero-order valence-electron chi connectivity index (χ0n) is 14.6. The van der Waals surface area contributed by atoms with Crippen LogP contribution in [0.15, 0.2) is 59.4 Å². The molecule has 0 radical (unpaired) electrons. The molecule has 1 fully saturated rings. The smallest absolute Gasteiger partial charge is 0.353 e. The number of nitrogens with zero attached hydrogens (tertiary/aromatic N) is 4. The van der Waals surface area contributed by atoms with Gasteiger partial charge in [-0.1, -0.05) is 42.5 Å². The quantitative estimate of drug-likeness (QED) is 0.734. The van der Waals surface area contributed by atoms with E-state index in [1.54, 1.807) is 54.6 Å². The predicted octanol–water partition coefficient (Wildman–Crippen LogP) is 1.85. The molecule has 2 aliphatic heterocycles. The van der Waals surface area contributed by atoms with Crippen molar-refractivity contribution in [3.63, 3.8) is 0 Å². The van der Waals surface area contributed by atoms with Crippen LogP contribution >= 0.6 is 0 Å². The van der Waals surface area contributed by atoms with Crippen molar-refractivity contribution in [2.24, 2.45) is 0 Å². The average molecular weight is 374 g/mol. The molecular weight excluding hydrogens is 360 g/mol. The van der Waals surface area contributed by atoms with E-state index in [9.17, 15) is 19.5 Å². The first kappa shape index (κ1) is 16.4. The number of hydrogen-bond acceptors (Lipinski definition) is 5. The largest absolute Gasteiger partial charge is 0.478 e. The van der Waals surface area contributed by atoms with Gasteiger partial charge in [-0.25, -0.2) is 9.48 Å². The lowest BCUT2D eigenvalue weighted by Crippen LogP contribution is -2.58. The summed E-state index contributed by atoms with van der Waals surface area (Å²) in [6, 6.07) is 15.6. The molecule has 3 heterocycles. The zero-order chi connectivity index (χ0) is 19.5. The Morgan fingerprint density at radius 1 is 1.04 bits per heavy atom. The molecule has 1 amide bonds. The van der Waals surface area contributed by atoms with Gasteiger partial charge >= 0.3 is 5.97 Å². The first-order valence-corrected chi connectivity index (χ1v) is 8.77. The van der Waals surface area contributed by atoms with Crippen molar-refractivity contribution in [1.29, 1.82) is 0 Å². The third-order valence-corrected chi connectivity index (χ3v) is 5.24. The molecule has 0 spiro atoms. The maximum atomic E-state index is 12.7. The van der Waals surface area contributed by atoms with Crippen LogP contribution in [0, 0.1) is 0 Å². The summed E-state index contributed by atoms with van der Waals surface area (Å²) in [5, 5.41) is 14.6. The number of benzene rings is 2. The summed E-state index contributed by atoms with van der Waals surface area (Å²) >= 11 is 0. The highest BCUT2D eigenvalue weighted by molar-refractivity contribution is 6.07. The number of anilines is 1. The van der Waals surface area contributed by atoms with Crippen LogP contribution in [0.2, 0.25) is 0 Å². The molecule has 8 nitrogen and oxygen atoms in total. The van der Waals surface area contributed by atoms with E-state index in [1.165, 1.54) is 9.58 Å². The highest BCUT2D eigenvalue weighted by atomic mass is 16.4.